The molecule has 0 heterocycles. The maximum Gasteiger partial charge on any atom is 0.303 e. The first-order chi connectivity index (χ1) is 11.0. The zero-order valence-corrected chi connectivity index (χ0v) is 13.7. The fourth-order valence-corrected chi connectivity index (χ4v) is 3.09. The molecule has 0 saturated heterocycles. The predicted molar refractivity (Wildman–Crippen MR) is 90.8 cm³/mol. The van der Waals surface area contributed by atoms with E-state index in [1.54, 1.807) is 6.07 Å². The monoisotopic (exact) mass is 330 g/mol. The molecule has 0 aliphatic heterocycles. The van der Waals surface area contributed by atoms with Crippen LogP contribution in [0.1, 0.15) is 30.9 Å². The first-order valence-electron chi connectivity index (χ1n) is 7.47. The lowest BCUT2D eigenvalue weighted by Crippen LogP contribution is -2.37. The molecule has 0 spiro atoms. The Morgan fingerprint density at radius 2 is 1.65 bits per heavy atom. The summed E-state index contributed by atoms with van der Waals surface area (Å²) >= 11 is 6.26. The molecule has 0 radical (unpaired) electrons. The summed E-state index contributed by atoms with van der Waals surface area (Å²) in [6.07, 6.45) is 0.561. The van der Waals surface area contributed by atoms with E-state index in [0.717, 1.165) is 11.1 Å². The van der Waals surface area contributed by atoms with Crippen LogP contribution in [-0.4, -0.2) is 16.9 Å². The third-order valence-electron chi connectivity index (χ3n) is 4.22. The van der Waals surface area contributed by atoms with Gasteiger partial charge in [-0.2, -0.15) is 0 Å². The zero-order valence-electron chi connectivity index (χ0n) is 13.0. The van der Waals surface area contributed by atoms with E-state index < -0.39 is 11.4 Å². The van der Waals surface area contributed by atoms with Crippen molar-refractivity contribution in [2.75, 3.05) is 0 Å². The SMILES string of the molecule is CC(=O)C(CCC(=O)O)(Cc1ccccc1Cl)c1ccccc1. The minimum atomic E-state index is -0.911. The van der Waals surface area contributed by atoms with E-state index in [2.05, 4.69) is 0 Å². The van der Waals surface area contributed by atoms with Crippen molar-refractivity contribution in [3.63, 3.8) is 0 Å². The molecule has 1 unspecified atom stereocenters. The minimum Gasteiger partial charge on any atom is -0.481 e. The number of halogens is 1. The van der Waals surface area contributed by atoms with Crippen molar-refractivity contribution in [3.05, 3.63) is 70.7 Å². The van der Waals surface area contributed by atoms with Crippen LogP contribution >= 0.6 is 11.6 Å². The first-order valence-corrected chi connectivity index (χ1v) is 7.85. The number of carboxylic acids is 1. The largest absolute Gasteiger partial charge is 0.481 e. The number of aliphatic carboxylic acids is 1. The lowest BCUT2D eigenvalue weighted by molar-refractivity contribution is -0.137. The van der Waals surface area contributed by atoms with Crippen molar-refractivity contribution in [2.45, 2.75) is 31.6 Å². The summed E-state index contributed by atoms with van der Waals surface area (Å²) in [7, 11) is 0. The normalized spacial score (nSPS) is 13.3. The van der Waals surface area contributed by atoms with E-state index in [0.29, 0.717) is 11.4 Å². The van der Waals surface area contributed by atoms with Crippen molar-refractivity contribution in [1.82, 2.24) is 0 Å². The maximum absolute atomic E-state index is 12.6. The van der Waals surface area contributed by atoms with Crippen LogP contribution in [0.5, 0.6) is 0 Å². The summed E-state index contributed by atoms with van der Waals surface area (Å²) < 4.78 is 0. The predicted octanol–water partition coefficient (Wildman–Crippen LogP) is 4.27. The van der Waals surface area contributed by atoms with Crippen LogP contribution in [0.4, 0.5) is 0 Å². The Labute approximate surface area is 140 Å². The second-order valence-corrected chi connectivity index (χ2v) is 6.07. The van der Waals surface area contributed by atoms with Crippen molar-refractivity contribution in [1.29, 1.82) is 0 Å². The van der Waals surface area contributed by atoms with Crippen LogP contribution in [0, 0.1) is 0 Å². The molecule has 0 amide bonds. The Kier molecular flexibility index (Phi) is 5.56. The van der Waals surface area contributed by atoms with Gasteiger partial charge in [0.05, 0.1) is 5.41 Å². The third kappa shape index (κ3) is 3.99. The van der Waals surface area contributed by atoms with E-state index >= 15 is 0 Å². The molecule has 120 valence electrons. The van der Waals surface area contributed by atoms with Gasteiger partial charge in [-0.25, -0.2) is 0 Å². The molecule has 1 atom stereocenters. The molecular weight excluding hydrogens is 312 g/mol. The topological polar surface area (TPSA) is 54.4 Å². The summed E-state index contributed by atoms with van der Waals surface area (Å²) in [6, 6.07) is 16.7. The zero-order chi connectivity index (χ0) is 16.9. The van der Waals surface area contributed by atoms with Gasteiger partial charge in [-0.15, -0.1) is 0 Å². The van der Waals surface area contributed by atoms with E-state index in [9.17, 15) is 9.59 Å². The molecule has 0 bridgehead atoms. The van der Waals surface area contributed by atoms with E-state index in [4.69, 9.17) is 16.7 Å². The first kappa shape index (κ1) is 17.2. The van der Waals surface area contributed by atoms with Crippen LogP contribution in [0.25, 0.3) is 0 Å². The Hall–Kier alpha value is -2.13. The summed E-state index contributed by atoms with van der Waals surface area (Å²) in [5.41, 5.74) is 0.789. The number of hydrogen-bond acceptors (Lipinski definition) is 2. The van der Waals surface area contributed by atoms with Crippen LogP contribution in [0.2, 0.25) is 5.02 Å². The molecule has 3 nitrogen and oxygen atoms in total. The Morgan fingerprint density at radius 1 is 1.04 bits per heavy atom. The van der Waals surface area contributed by atoms with Gasteiger partial charge >= 0.3 is 5.97 Å². The highest BCUT2D eigenvalue weighted by molar-refractivity contribution is 6.31. The van der Waals surface area contributed by atoms with Crippen molar-refractivity contribution >= 4 is 23.4 Å². The van der Waals surface area contributed by atoms with Gasteiger partial charge < -0.3 is 5.11 Å². The minimum absolute atomic E-state index is 0.0510. The third-order valence-corrected chi connectivity index (χ3v) is 4.58. The number of rotatable bonds is 7. The molecule has 4 heteroatoms. The van der Waals surface area contributed by atoms with Gasteiger partial charge in [0.15, 0.2) is 0 Å². The number of ketones is 1. The Balaban J connectivity index is 2.50. The van der Waals surface area contributed by atoms with Gasteiger partial charge in [0.1, 0.15) is 5.78 Å². The molecule has 0 aliphatic carbocycles. The van der Waals surface area contributed by atoms with Crippen molar-refractivity contribution in [3.8, 4) is 0 Å². The molecule has 0 aromatic heterocycles. The van der Waals surface area contributed by atoms with Crippen molar-refractivity contribution < 1.29 is 14.7 Å². The molecule has 1 N–H and O–H groups in total. The van der Waals surface area contributed by atoms with Crippen LogP contribution in [0.3, 0.4) is 0 Å². The Bertz CT molecular complexity index is 697. The quantitative estimate of drug-likeness (QED) is 0.824. The molecule has 23 heavy (non-hydrogen) atoms. The average Bonchev–Trinajstić information content (AvgIpc) is 2.53. The summed E-state index contributed by atoms with van der Waals surface area (Å²) in [5, 5.41) is 9.68. The van der Waals surface area contributed by atoms with E-state index in [1.165, 1.54) is 6.92 Å². The van der Waals surface area contributed by atoms with Crippen LogP contribution in [-0.2, 0) is 21.4 Å². The number of carbonyl (C=O) groups excluding carboxylic acids is 1. The highest BCUT2D eigenvalue weighted by Gasteiger charge is 2.38. The molecule has 2 aromatic carbocycles. The average molecular weight is 331 g/mol. The maximum atomic E-state index is 12.6. The standard InChI is InChI=1S/C19H19ClO3/c1-14(21)19(12-11-18(22)23,16-8-3-2-4-9-16)13-15-7-5-6-10-17(15)20/h2-10H,11-13H2,1H3,(H,22,23). The van der Waals surface area contributed by atoms with Gasteiger partial charge in [0.2, 0.25) is 0 Å². The molecule has 2 rings (SSSR count). The number of carboxylic acid groups (broad SMARTS) is 1. The second-order valence-electron chi connectivity index (χ2n) is 5.67. The van der Waals surface area contributed by atoms with Gasteiger partial charge in [-0.05, 0) is 37.0 Å². The number of benzene rings is 2. The molecule has 2 aromatic rings. The van der Waals surface area contributed by atoms with Gasteiger partial charge in [-0.1, -0.05) is 60.1 Å². The molecule has 0 fully saturated rings. The summed E-state index contributed by atoms with van der Waals surface area (Å²) in [5.74, 6) is -0.962. The fourth-order valence-electron chi connectivity index (χ4n) is 2.88. The van der Waals surface area contributed by atoms with E-state index in [1.807, 2.05) is 48.5 Å². The smallest absolute Gasteiger partial charge is 0.303 e. The molecule has 0 aliphatic rings. The van der Waals surface area contributed by atoms with Gasteiger partial charge in [0, 0.05) is 11.4 Å². The number of Topliss-reactive ketones (excluding diaryl/α,β-unsaturated/α-hetero) is 1. The van der Waals surface area contributed by atoms with Gasteiger partial charge in [-0.3, -0.25) is 9.59 Å². The van der Waals surface area contributed by atoms with Crippen molar-refractivity contribution in [2.24, 2.45) is 0 Å². The summed E-state index contributed by atoms with van der Waals surface area (Å²) in [4.78, 5) is 23.6. The fraction of sp³-hybridized carbons (Fsp3) is 0.263. The highest BCUT2D eigenvalue weighted by Crippen LogP contribution is 2.36. The second kappa shape index (κ2) is 7.42. The van der Waals surface area contributed by atoms with Crippen LogP contribution in [0.15, 0.2) is 54.6 Å². The number of carbonyl (C=O) groups is 2. The lowest BCUT2D eigenvalue weighted by atomic mass is 9.69. The molecule has 0 saturated carbocycles. The summed E-state index contributed by atoms with van der Waals surface area (Å²) in [6.45, 7) is 1.52. The highest BCUT2D eigenvalue weighted by atomic mass is 35.5. The molecular formula is C19H19ClO3. The lowest BCUT2D eigenvalue weighted by Gasteiger charge is -2.32. The van der Waals surface area contributed by atoms with E-state index in [-0.39, 0.29) is 18.6 Å². The number of hydrogen-bond donors (Lipinski definition) is 1. The van der Waals surface area contributed by atoms with Gasteiger partial charge in [0.25, 0.3) is 0 Å². The van der Waals surface area contributed by atoms with Crippen LogP contribution < -0.4 is 0 Å². The Morgan fingerprint density at radius 3 is 2.22 bits per heavy atom.